The number of hydrogen-bond donors (Lipinski definition) is 1. The number of benzene rings is 2. The molecule has 0 unspecified atom stereocenters. The molecule has 1 aliphatic rings. The van der Waals surface area contributed by atoms with Crippen LogP contribution in [0.25, 0.3) is 11.1 Å². The number of ether oxygens (including phenoxy) is 1. The fourth-order valence-electron chi connectivity index (χ4n) is 2.40. The number of nitrogens with one attached hydrogen (secondary N) is 1. The van der Waals surface area contributed by atoms with Crippen molar-refractivity contribution in [2.45, 2.75) is 6.42 Å². The molecule has 0 bridgehead atoms. The van der Waals surface area contributed by atoms with Crippen molar-refractivity contribution in [3.8, 4) is 16.9 Å². The zero-order valence-corrected chi connectivity index (χ0v) is 10.5. The van der Waals surface area contributed by atoms with Crippen LogP contribution in [0.3, 0.4) is 0 Å². The lowest BCUT2D eigenvalue weighted by molar-refractivity contribution is 0.407. The molecule has 0 spiro atoms. The molecule has 0 saturated carbocycles. The van der Waals surface area contributed by atoms with Crippen LogP contribution >= 0.6 is 0 Å². The third kappa shape index (κ3) is 2.03. The van der Waals surface area contributed by atoms with E-state index in [9.17, 15) is 8.78 Å². The summed E-state index contributed by atoms with van der Waals surface area (Å²) in [6, 6.07) is 7.82. The first-order chi connectivity index (χ1) is 9.19. The second-order valence-corrected chi connectivity index (χ2v) is 4.51. The lowest BCUT2D eigenvalue weighted by Gasteiger charge is -2.09. The van der Waals surface area contributed by atoms with Crippen LogP contribution in [0, 0.1) is 11.6 Å². The van der Waals surface area contributed by atoms with Crippen molar-refractivity contribution in [3.05, 3.63) is 47.5 Å². The molecule has 0 amide bonds. The van der Waals surface area contributed by atoms with Gasteiger partial charge in [-0.1, -0.05) is 6.07 Å². The summed E-state index contributed by atoms with van der Waals surface area (Å²) in [4.78, 5) is 0. The summed E-state index contributed by atoms with van der Waals surface area (Å²) in [5, 5.41) is 3.22. The van der Waals surface area contributed by atoms with E-state index in [2.05, 4.69) is 5.32 Å². The molecule has 0 atom stereocenters. The van der Waals surface area contributed by atoms with E-state index < -0.39 is 11.6 Å². The number of fused-ring (bicyclic) bond motifs is 1. The van der Waals surface area contributed by atoms with Crippen LogP contribution in [0.5, 0.6) is 5.75 Å². The maximum absolute atomic E-state index is 14.0. The Morgan fingerprint density at radius 3 is 2.53 bits per heavy atom. The third-order valence-corrected chi connectivity index (χ3v) is 3.36. The first-order valence-electron chi connectivity index (χ1n) is 6.09. The molecule has 2 aromatic rings. The Bertz CT molecular complexity index is 617. The molecule has 1 heterocycles. The average molecular weight is 261 g/mol. The molecule has 2 nitrogen and oxygen atoms in total. The lowest BCUT2D eigenvalue weighted by Crippen LogP contribution is -1.94. The van der Waals surface area contributed by atoms with Gasteiger partial charge in [-0.25, -0.2) is 8.78 Å². The molecule has 3 rings (SSSR count). The zero-order valence-electron chi connectivity index (χ0n) is 10.5. The molecule has 4 heteroatoms. The Hall–Kier alpha value is -2.10. The van der Waals surface area contributed by atoms with Crippen molar-refractivity contribution in [1.82, 2.24) is 0 Å². The number of rotatable bonds is 2. The predicted molar refractivity (Wildman–Crippen MR) is 70.5 cm³/mol. The molecular weight excluding hydrogens is 248 g/mol. The smallest absolute Gasteiger partial charge is 0.137 e. The summed E-state index contributed by atoms with van der Waals surface area (Å²) in [6.07, 6.45) is 0.878. The van der Waals surface area contributed by atoms with Gasteiger partial charge in [-0.2, -0.15) is 0 Å². The second kappa shape index (κ2) is 4.53. The standard InChI is InChI=1S/C15H13F2NO/c1-19-11-7-12(16)15(13(17)8-11)10-2-3-14-9(6-10)4-5-18-14/h2-3,6-8,18H,4-5H2,1H3. The number of hydrogen-bond acceptors (Lipinski definition) is 2. The minimum Gasteiger partial charge on any atom is -0.497 e. The van der Waals surface area contributed by atoms with Gasteiger partial charge in [0.2, 0.25) is 0 Å². The number of halogens is 2. The summed E-state index contributed by atoms with van der Waals surface area (Å²) >= 11 is 0. The highest BCUT2D eigenvalue weighted by molar-refractivity contribution is 5.71. The van der Waals surface area contributed by atoms with E-state index >= 15 is 0 Å². The molecule has 0 aliphatic carbocycles. The molecular formula is C15H13F2NO. The predicted octanol–water partition coefficient (Wildman–Crippen LogP) is 3.61. The van der Waals surface area contributed by atoms with Crippen molar-refractivity contribution < 1.29 is 13.5 Å². The van der Waals surface area contributed by atoms with E-state index in [0.29, 0.717) is 5.56 Å². The molecule has 0 saturated heterocycles. The van der Waals surface area contributed by atoms with Gasteiger partial charge in [0.25, 0.3) is 0 Å². The van der Waals surface area contributed by atoms with Crippen LogP contribution in [-0.2, 0) is 6.42 Å². The van der Waals surface area contributed by atoms with Crippen LogP contribution in [0.15, 0.2) is 30.3 Å². The summed E-state index contributed by atoms with van der Waals surface area (Å²) in [5.74, 6) is -1.04. The Balaban J connectivity index is 2.12. The van der Waals surface area contributed by atoms with Gasteiger partial charge in [0.15, 0.2) is 0 Å². The molecule has 0 aromatic heterocycles. The van der Waals surface area contributed by atoms with Crippen LogP contribution in [-0.4, -0.2) is 13.7 Å². The summed E-state index contributed by atoms with van der Waals surface area (Å²) in [7, 11) is 1.38. The van der Waals surface area contributed by atoms with Crippen molar-refractivity contribution in [3.63, 3.8) is 0 Å². The topological polar surface area (TPSA) is 21.3 Å². The lowest BCUT2D eigenvalue weighted by atomic mass is 10.0. The Morgan fingerprint density at radius 1 is 1.11 bits per heavy atom. The van der Waals surface area contributed by atoms with E-state index in [4.69, 9.17) is 4.74 Å². The highest BCUT2D eigenvalue weighted by Gasteiger charge is 2.16. The van der Waals surface area contributed by atoms with Crippen molar-refractivity contribution in [2.75, 3.05) is 19.0 Å². The van der Waals surface area contributed by atoms with E-state index in [1.165, 1.54) is 19.2 Å². The van der Waals surface area contributed by atoms with E-state index in [1.807, 2.05) is 12.1 Å². The van der Waals surface area contributed by atoms with E-state index in [1.54, 1.807) is 6.07 Å². The largest absolute Gasteiger partial charge is 0.497 e. The summed E-state index contributed by atoms with van der Waals surface area (Å²) in [6.45, 7) is 0.867. The second-order valence-electron chi connectivity index (χ2n) is 4.51. The van der Waals surface area contributed by atoms with Gasteiger partial charge >= 0.3 is 0 Å². The highest BCUT2D eigenvalue weighted by atomic mass is 19.1. The highest BCUT2D eigenvalue weighted by Crippen LogP contribution is 2.33. The fraction of sp³-hybridized carbons (Fsp3) is 0.200. The van der Waals surface area contributed by atoms with Crippen LogP contribution in [0.1, 0.15) is 5.56 Å². The molecule has 1 aliphatic heterocycles. The van der Waals surface area contributed by atoms with Gasteiger partial charge < -0.3 is 10.1 Å². The number of anilines is 1. The first-order valence-corrected chi connectivity index (χ1v) is 6.09. The van der Waals surface area contributed by atoms with Gasteiger partial charge in [-0.05, 0) is 29.7 Å². The quantitative estimate of drug-likeness (QED) is 0.891. The minimum absolute atomic E-state index is 0.00417. The first kappa shape index (κ1) is 12.0. The van der Waals surface area contributed by atoms with Gasteiger partial charge in [0, 0.05) is 24.4 Å². The van der Waals surface area contributed by atoms with Crippen LogP contribution < -0.4 is 10.1 Å². The van der Waals surface area contributed by atoms with E-state index in [0.717, 1.165) is 24.2 Å². The Morgan fingerprint density at radius 2 is 1.84 bits per heavy atom. The van der Waals surface area contributed by atoms with Crippen molar-refractivity contribution in [1.29, 1.82) is 0 Å². The molecule has 0 fully saturated rings. The van der Waals surface area contributed by atoms with Gasteiger partial charge in [-0.15, -0.1) is 0 Å². The van der Waals surface area contributed by atoms with Crippen molar-refractivity contribution in [2.24, 2.45) is 0 Å². The molecule has 19 heavy (non-hydrogen) atoms. The third-order valence-electron chi connectivity index (χ3n) is 3.36. The zero-order chi connectivity index (χ0) is 13.4. The van der Waals surface area contributed by atoms with Gasteiger partial charge in [-0.3, -0.25) is 0 Å². The monoisotopic (exact) mass is 261 g/mol. The SMILES string of the molecule is COc1cc(F)c(-c2ccc3c(c2)CCN3)c(F)c1. The summed E-state index contributed by atoms with van der Waals surface area (Å²) in [5.41, 5.74) is 2.68. The molecule has 2 aromatic carbocycles. The van der Waals surface area contributed by atoms with Gasteiger partial charge in [0.1, 0.15) is 17.4 Å². The van der Waals surface area contributed by atoms with Gasteiger partial charge in [0.05, 0.1) is 12.7 Å². The Labute approximate surface area is 110 Å². The normalized spacial score (nSPS) is 13.0. The molecule has 98 valence electrons. The van der Waals surface area contributed by atoms with E-state index in [-0.39, 0.29) is 11.3 Å². The van der Waals surface area contributed by atoms with Crippen LogP contribution in [0.2, 0.25) is 0 Å². The average Bonchev–Trinajstić information content (AvgIpc) is 2.85. The van der Waals surface area contributed by atoms with Crippen molar-refractivity contribution >= 4 is 5.69 Å². The molecule has 0 radical (unpaired) electrons. The maximum Gasteiger partial charge on any atom is 0.137 e. The molecule has 1 N–H and O–H groups in total. The fourth-order valence-corrected chi connectivity index (χ4v) is 2.40. The minimum atomic E-state index is -0.609. The Kier molecular flexibility index (Phi) is 2.85. The summed E-state index contributed by atoms with van der Waals surface area (Å²) < 4.78 is 32.9. The maximum atomic E-state index is 14.0. The van der Waals surface area contributed by atoms with Crippen LogP contribution in [0.4, 0.5) is 14.5 Å². The number of methoxy groups -OCH3 is 1.